The quantitative estimate of drug-likeness (QED) is 0.333. The third-order valence-electron chi connectivity index (χ3n) is 5.60. The van der Waals surface area contributed by atoms with Crippen molar-refractivity contribution >= 4 is 12.1 Å². The van der Waals surface area contributed by atoms with Crippen molar-refractivity contribution in [3.63, 3.8) is 0 Å². The maximum atomic E-state index is 14.5. The molecule has 1 N–H and O–H groups in total. The van der Waals surface area contributed by atoms with E-state index in [9.17, 15) is 23.5 Å². The van der Waals surface area contributed by atoms with Crippen LogP contribution >= 0.6 is 0 Å². The van der Waals surface area contributed by atoms with Crippen LogP contribution in [0.1, 0.15) is 70.8 Å². The molecule has 1 aromatic carbocycles. The summed E-state index contributed by atoms with van der Waals surface area (Å²) in [6, 6.07) is 7.05. The second kappa shape index (κ2) is 12.7. The third kappa shape index (κ3) is 8.04. The molecule has 8 heteroatoms. The van der Waals surface area contributed by atoms with Gasteiger partial charge in [-0.05, 0) is 39.5 Å². The van der Waals surface area contributed by atoms with E-state index in [-0.39, 0.29) is 43.1 Å². The summed E-state index contributed by atoms with van der Waals surface area (Å²) >= 11 is 0. The molecule has 0 bridgehead atoms. The molecule has 0 radical (unpaired) electrons. The molecule has 1 aliphatic heterocycles. The number of hydrogen-bond acceptors (Lipinski definition) is 5. The molecular formula is C24H35F2NO5. The highest BCUT2D eigenvalue weighted by Crippen LogP contribution is 2.34. The molecule has 1 unspecified atom stereocenters. The number of halogens is 2. The highest BCUT2D eigenvalue weighted by atomic mass is 19.3. The van der Waals surface area contributed by atoms with Gasteiger partial charge in [0.05, 0.1) is 12.7 Å². The molecule has 180 valence electrons. The van der Waals surface area contributed by atoms with E-state index in [4.69, 9.17) is 9.47 Å². The number of carbonyl (C=O) groups excluding carboxylic acids is 2. The number of carbonyl (C=O) groups is 2. The number of unbranched alkanes of at least 4 members (excludes halogenated alkanes) is 3. The molecule has 0 aromatic heterocycles. The number of esters is 1. The Morgan fingerprint density at radius 3 is 2.59 bits per heavy atom. The first kappa shape index (κ1) is 26.0. The smallest absolute Gasteiger partial charge is 0.410 e. The van der Waals surface area contributed by atoms with Gasteiger partial charge < -0.3 is 19.5 Å². The summed E-state index contributed by atoms with van der Waals surface area (Å²) in [7, 11) is 0. The van der Waals surface area contributed by atoms with Gasteiger partial charge in [-0.25, -0.2) is 4.79 Å². The zero-order valence-corrected chi connectivity index (χ0v) is 19.0. The molecule has 1 aliphatic rings. The summed E-state index contributed by atoms with van der Waals surface area (Å²) in [5.41, 5.74) is -0.218. The largest absolute Gasteiger partial charge is 0.463 e. The summed E-state index contributed by atoms with van der Waals surface area (Å²) < 4.78 is 39.3. The Bertz CT molecular complexity index is 714. The minimum absolute atomic E-state index is 0.115. The number of cyclic esters (lactones) is 1. The molecular weight excluding hydrogens is 420 g/mol. The Kier molecular flexibility index (Phi) is 10.4. The predicted octanol–water partition coefficient (Wildman–Crippen LogP) is 5.03. The van der Waals surface area contributed by atoms with E-state index in [0.29, 0.717) is 19.4 Å². The lowest BCUT2D eigenvalue weighted by atomic mass is 9.96. The van der Waals surface area contributed by atoms with Crippen molar-refractivity contribution in [1.29, 1.82) is 0 Å². The first-order valence-corrected chi connectivity index (χ1v) is 11.5. The Hall–Kier alpha value is -2.22. The van der Waals surface area contributed by atoms with Gasteiger partial charge in [0.2, 0.25) is 0 Å². The van der Waals surface area contributed by atoms with Crippen molar-refractivity contribution in [3.05, 3.63) is 35.9 Å². The molecule has 1 saturated heterocycles. The SMILES string of the molecule is CC(C)OC(=O)CCCCCCN1C(=O)OCC[C@@H]1CCC(O)C(F)(F)c1ccccc1. The van der Waals surface area contributed by atoms with Crippen molar-refractivity contribution in [2.75, 3.05) is 13.2 Å². The monoisotopic (exact) mass is 455 g/mol. The van der Waals surface area contributed by atoms with Gasteiger partial charge in [0.15, 0.2) is 0 Å². The average Bonchev–Trinajstić information content (AvgIpc) is 2.75. The molecule has 2 atom stereocenters. The highest BCUT2D eigenvalue weighted by Gasteiger charge is 2.41. The van der Waals surface area contributed by atoms with E-state index in [1.54, 1.807) is 11.0 Å². The van der Waals surface area contributed by atoms with Crippen LogP contribution in [0.3, 0.4) is 0 Å². The van der Waals surface area contributed by atoms with Crippen LogP contribution in [0.4, 0.5) is 13.6 Å². The number of aliphatic hydroxyl groups excluding tert-OH is 1. The number of aliphatic hydroxyl groups is 1. The first-order valence-electron chi connectivity index (χ1n) is 11.5. The standard InChI is InChI=1S/C24H35F2NO5/c1-18(2)32-22(29)12-8-3-4-9-16-27-20(15-17-31-23(27)30)13-14-21(28)24(25,26)19-10-6-5-7-11-19/h5-7,10-11,18,20-21,28H,3-4,8-9,12-17H2,1-2H3/t20-,21?/m0/s1. The molecule has 6 nitrogen and oxygen atoms in total. The number of nitrogens with zero attached hydrogens (tertiary/aromatic N) is 1. The lowest BCUT2D eigenvalue weighted by Crippen LogP contribution is -2.46. The van der Waals surface area contributed by atoms with Crippen LogP contribution in [0.2, 0.25) is 0 Å². The van der Waals surface area contributed by atoms with Crippen LogP contribution in [-0.2, 0) is 20.2 Å². The Balaban J connectivity index is 1.77. The summed E-state index contributed by atoms with van der Waals surface area (Å²) in [6.45, 7) is 4.34. The fourth-order valence-electron chi connectivity index (χ4n) is 3.86. The molecule has 2 rings (SSSR count). The Labute approximate surface area is 188 Å². The van der Waals surface area contributed by atoms with Gasteiger partial charge in [0.1, 0.15) is 6.10 Å². The average molecular weight is 456 g/mol. The van der Waals surface area contributed by atoms with Crippen LogP contribution in [0.15, 0.2) is 30.3 Å². The normalized spacial score (nSPS) is 17.9. The number of alkyl halides is 2. The number of amides is 1. The molecule has 1 amide bonds. The predicted molar refractivity (Wildman–Crippen MR) is 116 cm³/mol. The van der Waals surface area contributed by atoms with Crippen LogP contribution in [0, 0.1) is 0 Å². The van der Waals surface area contributed by atoms with Crippen LogP contribution < -0.4 is 0 Å². The van der Waals surface area contributed by atoms with Crippen molar-refractivity contribution in [2.24, 2.45) is 0 Å². The third-order valence-corrected chi connectivity index (χ3v) is 5.60. The molecule has 0 saturated carbocycles. The molecule has 0 aliphatic carbocycles. The number of benzene rings is 1. The minimum Gasteiger partial charge on any atom is -0.463 e. The van der Waals surface area contributed by atoms with Gasteiger partial charge in [0, 0.05) is 31.0 Å². The zero-order valence-electron chi connectivity index (χ0n) is 19.0. The van der Waals surface area contributed by atoms with E-state index in [0.717, 1.165) is 25.7 Å². The Morgan fingerprint density at radius 1 is 1.22 bits per heavy atom. The zero-order chi connectivity index (χ0) is 23.6. The van der Waals surface area contributed by atoms with Gasteiger partial charge in [-0.1, -0.05) is 43.2 Å². The lowest BCUT2D eigenvalue weighted by molar-refractivity contribution is -0.147. The molecule has 32 heavy (non-hydrogen) atoms. The number of hydrogen-bond donors (Lipinski definition) is 1. The summed E-state index contributed by atoms with van der Waals surface area (Å²) in [5, 5.41) is 10.2. The van der Waals surface area contributed by atoms with Gasteiger partial charge in [-0.15, -0.1) is 0 Å². The van der Waals surface area contributed by atoms with Gasteiger partial charge >= 0.3 is 12.1 Å². The summed E-state index contributed by atoms with van der Waals surface area (Å²) in [6.07, 6.45) is 1.83. The molecule has 1 aromatic rings. The number of ether oxygens (including phenoxy) is 2. The highest BCUT2D eigenvalue weighted by molar-refractivity contribution is 5.69. The molecule has 0 spiro atoms. The van der Waals surface area contributed by atoms with Crippen molar-refractivity contribution in [3.8, 4) is 0 Å². The van der Waals surface area contributed by atoms with Crippen molar-refractivity contribution in [1.82, 2.24) is 4.90 Å². The minimum atomic E-state index is -3.35. The first-order chi connectivity index (χ1) is 15.2. The van der Waals surface area contributed by atoms with Crippen molar-refractivity contribution < 1.29 is 33.0 Å². The lowest BCUT2D eigenvalue weighted by Gasteiger charge is -2.36. The van der Waals surface area contributed by atoms with Gasteiger partial charge in [0.25, 0.3) is 5.92 Å². The van der Waals surface area contributed by atoms with E-state index in [1.165, 1.54) is 24.3 Å². The summed E-state index contributed by atoms with van der Waals surface area (Å²) in [4.78, 5) is 25.3. The molecule has 1 fully saturated rings. The van der Waals surface area contributed by atoms with Gasteiger partial charge in [-0.3, -0.25) is 4.79 Å². The van der Waals surface area contributed by atoms with Crippen LogP contribution in [-0.4, -0.2) is 53.5 Å². The van der Waals surface area contributed by atoms with Crippen molar-refractivity contribution in [2.45, 2.75) is 89.4 Å². The maximum Gasteiger partial charge on any atom is 0.410 e. The second-order valence-electron chi connectivity index (χ2n) is 8.54. The fourth-order valence-corrected chi connectivity index (χ4v) is 3.86. The van der Waals surface area contributed by atoms with E-state index >= 15 is 0 Å². The molecule has 1 heterocycles. The van der Waals surface area contributed by atoms with E-state index in [1.807, 2.05) is 13.8 Å². The fraction of sp³-hybridized carbons (Fsp3) is 0.667. The van der Waals surface area contributed by atoms with Crippen LogP contribution in [0.25, 0.3) is 0 Å². The topological polar surface area (TPSA) is 76.1 Å². The second-order valence-corrected chi connectivity index (χ2v) is 8.54. The summed E-state index contributed by atoms with van der Waals surface area (Å²) in [5.74, 6) is -3.55. The number of rotatable bonds is 13. The Morgan fingerprint density at radius 2 is 1.91 bits per heavy atom. The van der Waals surface area contributed by atoms with E-state index < -0.39 is 18.1 Å². The van der Waals surface area contributed by atoms with Gasteiger partial charge in [-0.2, -0.15) is 8.78 Å². The van der Waals surface area contributed by atoms with E-state index in [2.05, 4.69) is 0 Å². The maximum absolute atomic E-state index is 14.5. The van der Waals surface area contributed by atoms with Crippen LogP contribution in [0.5, 0.6) is 0 Å².